The van der Waals surface area contributed by atoms with Gasteiger partial charge in [0.25, 0.3) is 8.32 Å². The van der Waals surface area contributed by atoms with Crippen LogP contribution in [0, 0.1) is 0 Å². The van der Waals surface area contributed by atoms with Crippen LogP contribution in [-0.4, -0.2) is 45.6 Å². The van der Waals surface area contributed by atoms with E-state index in [-0.39, 0.29) is 27.8 Å². The first-order chi connectivity index (χ1) is 16.8. The molecule has 2 aromatic heterocycles. The van der Waals surface area contributed by atoms with Crippen molar-refractivity contribution in [2.75, 3.05) is 18.1 Å². The van der Waals surface area contributed by atoms with Crippen molar-refractivity contribution in [2.45, 2.75) is 37.5 Å². The normalized spacial score (nSPS) is 18.9. The van der Waals surface area contributed by atoms with Gasteiger partial charge in [0.2, 0.25) is 5.95 Å². The summed E-state index contributed by atoms with van der Waals surface area (Å²) in [6, 6.07) is 21.3. The van der Waals surface area contributed by atoms with Crippen LogP contribution < -0.4 is 16.1 Å². The van der Waals surface area contributed by atoms with Crippen molar-refractivity contribution in [3.63, 3.8) is 0 Å². The molecule has 1 saturated heterocycles. The molecule has 1 fully saturated rings. The Morgan fingerprint density at radius 2 is 1.71 bits per heavy atom. The van der Waals surface area contributed by atoms with Crippen LogP contribution in [0.1, 0.15) is 27.0 Å². The van der Waals surface area contributed by atoms with Crippen molar-refractivity contribution in [1.82, 2.24) is 19.5 Å². The summed E-state index contributed by atoms with van der Waals surface area (Å²) in [5, 5.41) is 2.65. The number of nitrogens with zero attached hydrogens (tertiary/aromatic N) is 4. The van der Waals surface area contributed by atoms with Crippen LogP contribution in [0.3, 0.4) is 0 Å². The van der Waals surface area contributed by atoms with E-state index in [2.05, 4.69) is 96.4 Å². The number of rotatable bonds is 6. The van der Waals surface area contributed by atoms with E-state index in [9.17, 15) is 0 Å². The van der Waals surface area contributed by atoms with E-state index in [0.29, 0.717) is 17.8 Å². The zero-order valence-electron chi connectivity index (χ0n) is 19.9. The number of anilines is 1. The third-order valence-electron chi connectivity index (χ3n) is 6.29. The third kappa shape index (κ3) is 4.47. The van der Waals surface area contributed by atoms with Crippen LogP contribution in [0.5, 0.6) is 0 Å². The molecule has 0 bridgehead atoms. The van der Waals surface area contributed by atoms with Gasteiger partial charge in [-0.25, -0.2) is 4.98 Å². The lowest BCUT2D eigenvalue weighted by atomic mass is 10.2. The Labute approximate surface area is 215 Å². The van der Waals surface area contributed by atoms with Crippen LogP contribution in [0.15, 0.2) is 67.0 Å². The summed E-state index contributed by atoms with van der Waals surface area (Å²) in [5.74, 6) is 0.850. The summed E-state index contributed by atoms with van der Waals surface area (Å²) >= 11 is 7.93. The minimum atomic E-state index is -2.63. The highest BCUT2D eigenvalue weighted by atomic mass is 35.5. The molecular weight excluding hydrogens is 498 g/mol. The van der Waals surface area contributed by atoms with E-state index in [1.54, 1.807) is 18.1 Å². The standard InChI is InChI=1S/C25H28ClN5O2SSi/c1-25(2,3)35(17-10-6-4-7-11-17,18-12-8-5-9-13-18)32-14-20-33-19(15-34-20)31-16-28-21-22(26)29-24(27)30-23(21)31/h4-13,16,19-20H,14-15H2,1-3H3,(H2,27,29,30)/t19-,20-/m1/s1. The van der Waals surface area contributed by atoms with Crippen LogP contribution >= 0.6 is 23.4 Å². The molecule has 0 saturated carbocycles. The number of hydrogen-bond acceptors (Lipinski definition) is 7. The fourth-order valence-electron chi connectivity index (χ4n) is 4.74. The minimum Gasteiger partial charge on any atom is -0.404 e. The summed E-state index contributed by atoms with van der Waals surface area (Å²) < 4.78 is 15.3. The highest BCUT2D eigenvalue weighted by molar-refractivity contribution is 8.00. The van der Waals surface area contributed by atoms with Gasteiger partial charge >= 0.3 is 0 Å². The summed E-state index contributed by atoms with van der Waals surface area (Å²) in [4.78, 5) is 12.7. The number of hydrogen-bond donors (Lipinski definition) is 1. The first-order valence-electron chi connectivity index (χ1n) is 11.5. The number of ether oxygens (including phenoxy) is 1. The van der Waals surface area contributed by atoms with Crippen molar-refractivity contribution in [1.29, 1.82) is 0 Å². The second-order valence-corrected chi connectivity index (χ2v) is 15.4. The average molecular weight is 526 g/mol. The molecule has 4 aromatic rings. The molecular formula is C25H28ClN5O2SSi. The number of fused-ring (bicyclic) bond motifs is 1. The van der Waals surface area contributed by atoms with E-state index in [0.717, 1.165) is 5.75 Å². The van der Waals surface area contributed by atoms with Crippen molar-refractivity contribution < 1.29 is 9.16 Å². The van der Waals surface area contributed by atoms with Crippen molar-refractivity contribution in [2.24, 2.45) is 0 Å². The van der Waals surface area contributed by atoms with Crippen molar-refractivity contribution >= 4 is 59.2 Å². The Morgan fingerprint density at radius 3 is 2.31 bits per heavy atom. The van der Waals surface area contributed by atoms with Crippen LogP contribution in [-0.2, 0) is 9.16 Å². The smallest absolute Gasteiger partial charge is 0.261 e. The van der Waals surface area contributed by atoms with Gasteiger partial charge in [-0.15, -0.1) is 11.8 Å². The second-order valence-electron chi connectivity index (χ2n) is 9.52. The number of nitrogen functional groups attached to an aromatic ring is 1. The monoisotopic (exact) mass is 525 g/mol. The van der Waals surface area contributed by atoms with Crippen LogP contribution in [0.25, 0.3) is 11.2 Å². The number of nitrogens with two attached hydrogens (primary N) is 1. The highest BCUT2D eigenvalue weighted by Crippen LogP contribution is 2.39. The first-order valence-corrected chi connectivity index (χ1v) is 14.8. The van der Waals surface area contributed by atoms with E-state index in [1.807, 2.05) is 4.57 Å². The van der Waals surface area contributed by atoms with E-state index in [1.165, 1.54) is 10.4 Å². The molecule has 0 radical (unpaired) electrons. The summed E-state index contributed by atoms with van der Waals surface area (Å²) in [6.45, 7) is 7.29. The predicted molar refractivity (Wildman–Crippen MR) is 145 cm³/mol. The fraction of sp³-hybridized carbons (Fsp3) is 0.320. The molecule has 3 heterocycles. The predicted octanol–water partition coefficient (Wildman–Crippen LogP) is 4.23. The Kier molecular flexibility index (Phi) is 6.62. The van der Waals surface area contributed by atoms with Crippen LogP contribution in [0.2, 0.25) is 10.2 Å². The molecule has 1 aliphatic heterocycles. The molecule has 0 amide bonds. The van der Waals surface area contributed by atoms with E-state index < -0.39 is 8.32 Å². The first kappa shape index (κ1) is 24.3. The fourth-order valence-corrected chi connectivity index (χ4v) is 10.6. The van der Waals surface area contributed by atoms with Gasteiger partial charge in [-0.1, -0.05) is 93.0 Å². The van der Waals surface area contributed by atoms with Crippen LogP contribution in [0.4, 0.5) is 5.95 Å². The number of thioether (sulfide) groups is 1. The average Bonchev–Trinajstić information content (AvgIpc) is 3.47. The van der Waals surface area contributed by atoms with Crippen molar-refractivity contribution in [3.8, 4) is 0 Å². The number of benzene rings is 2. The molecule has 1 aliphatic rings. The number of aromatic nitrogens is 4. The molecule has 0 unspecified atom stereocenters. The van der Waals surface area contributed by atoms with Gasteiger partial charge in [0.1, 0.15) is 17.2 Å². The van der Waals surface area contributed by atoms with Gasteiger partial charge in [-0.05, 0) is 15.4 Å². The van der Waals surface area contributed by atoms with Gasteiger partial charge in [-0.2, -0.15) is 9.97 Å². The molecule has 7 nitrogen and oxygen atoms in total. The summed E-state index contributed by atoms with van der Waals surface area (Å²) in [5.41, 5.74) is 6.77. The van der Waals surface area contributed by atoms with Gasteiger partial charge < -0.3 is 14.9 Å². The third-order valence-corrected chi connectivity index (χ3v) is 12.7. The molecule has 0 spiro atoms. The molecule has 2 N–H and O–H groups in total. The zero-order chi connectivity index (χ0) is 24.6. The topological polar surface area (TPSA) is 88.1 Å². The minimum absolute atomic E-state index is 0.0931. The largest absolute Gasteiger partial charge is 0.404 e. The van der Waals surface area contributed by atoms with Gasteiger partial charge in [0.05, 0.1) is 12.9 Å². The summed E-state index contributed by atoms with van der Waals surface area (Å²) in [7, 11) is -2.63. The Bertz CT molecular complexity index is 1280. The molecule has 182 valence electrons. The second kappa shape index (κ2) is 9.55. The zero-order valence-corrected chi connectivity index (χ0v) is 22.5. The van der Waals surface area contributed by atoms with E-state index in [4.69, 9.17) is 26.5 Å². The van der Waals surface area contributed by atoms with Gasteiger partial charge in [-0.3, -0.25) is 4.57 Å². The highest BCUT2D eigenvalue weighted by Gasteiger charge is 2.50. The summed E-state index contributed by atoms with van der Waals surface area (Å²) in [6.07, 6.45) is 1.43. The Hall–Kier alpha value is -2.43. The molecule has 2 atom stereocenters. The SMILES string of the molecule is CC(C)(C)[Si](OC[C@@H]1O[C@@H](n2cnc3c(Cl)nc(N)nc32)CS1)(c1ccccc1)c1ccccc1. The lowest BCUT2D eigenvalue weighted by Crippen LogP contribution is -2.67. The number of imidazole rings is 1. The van der Waals surface area contributed by atoms with Gasteiger partial charge in [0.15, 0.2) is 10.8 Å². The van der Waals surface area contributed by atoms with Gasteiger partial charge in [0, 0.05) is 5.75 Å². The Balaban J connectivity index is 1.42. The maximum Gasteiger partial charge on any atom is 0.261 e. The maximum absolute atomic E-state index is 7.04. The van der Waals surface area contributed by atoms with E-state index >= 15 is 0 Å². The Morgan fingerprint density at radius 1 is 1.09 bits per heavy atom. The lowest BCUT2D eigenvalue weighted by molar-refractivity contribution is 0.00101. The number of halogens is 1. The molecule has 10 heteroatoms. The maximum atomic E-state index is 7.04. The van der Waals surface area contributed by atoms with Crippen molar-refractivity contribution in [3.05, 3.63) is 72.1 Å². The molecule has 0 aliphatic carbocycles. The molecule has 2 aromatic carbocycles. The lowest BCUT2D eigenvalue weighted by Gasteiger charge is -2.43. The molecule has 35 heavy (non-hydrogen) atoms. The molecule has 5 rings (SSSR count). The quantitative estimate of drug-likeness (QED) is 0.298.